The van der Waals surface area contributed by atoms with Gasteiger partial charge >= 0.3 is 0 Å². The van der Waals surface area contributed by atoms with Crippen LogP contribution in [0.25, 0.3) is 0 Å². The van der Waals surface area contributed by atoms with Gasteiger partial charge in [0, 0.05) is 24.5 Å². The standard InChI is InChI=1S/C23H28ClN3O2/c1-17-4-2-11-26(17)12-3-13-29-21-8-9-22-18(14-21)5-7-20(16-28)27(22)23-10-6-19(24)15-25-23/h6,8-10,14-17,20H,2-5,7,11-13H2,1H3/t17-,20?/m1/s1. The van der Waals surface area contributed by atoms with E-state index in [2.05, 4.69) is 22.9 Å². The lowest BCUT2D eigenvalue weighted by molar-refractivity contribution is -0.109. The van der Waals surface area contributed by atoms with Crippen molar-refractivity contribution in [1.82, 2.24) is 9.88 Å². The van der Waals surface area contributed by atoms with Gasteiger partial charge in [0.15, 0.2) is 0 Å². The van der Waals surface area contributed by atoms with Gasteiger partial charge in [0.1, 0.15) is 17.9 Å². The molecule has 0 radical (unpaired) electrons. The molecule has 4 rings (SSSR count). The quantitative estimate of drug-likeness (QED) is 0.488. The van der Waals surface area contributed by atoms with Crippen LogP contribution >= 0.6 is 11.6 Å². The molecular weight excluding hydrogens is 386 g/mol. The van der Waals surface area contributed by atoms with Crippen LogP contribution in [0.5, 0.6) is 5.75 Å². The Morgan fingerprint density at radius 2 is 2.17 bits per heavy atom. The minimum Gasteiger partial charge on any atom is -0.494 e. The number of ether oxygens (including phenoxy) is 1. The minimum absolute atomic E-state index is 0.217. The molecule has 5 nitrogen and oxygen atoms in total. The number of hydrogen-bond acceptors (Lipinski definition) is 5. The lowest BCUT2D eigenvalue weighted by atomic mass is 9.96. The zero-order chi connectivity index (χ0) is 20.2. The molecule has 0 bridgehead atoms. The van der Waals surface area contributed by atoms with Crippen LogP contribution < -0.4 is 9.64 Å². The van der Waals surface area contributed by atoms with Crippen LogP contribution in [0.15, 0.2) is 36.5 Å². The van der Waals surface area contributed by atoms with Gasteiger partial charge in [-0.05, 0) is 81.5 Å². The first kappa shape index (κ1) is 20.2. The number of aryl methyl sites for hydroxylation is 1. The predicted octanol–water partition coefficient (Wildman–Crippen LogP) is 4.64. The number of fused-ring (bicyclic) bond motifs is 1. The fourth-order valence-corrected chi connectivity index (χ4v) is 4.53. The van der Waals surface area contributed by atoms with Gasteiger partial charge in [-0.15, -0.1) is 0 Å². The highest BCUT2D eigenvalue weighted by Crippen LogP contribution is 2.37. The Morgan fingerprint density at radius 3 is 2.90 bits per heavy atom. The Morgan fingerprint density at radius 1 is 1.28 bits per heavy atom. The summed E-state index contributed by atoms with van der Waals surface area (Å²) >= 11 is 5.98. The van der Waals surface area contributed by atoms with E-state index in [0.29, 0.717) is 11.1 Å². The summed E-state index contributed by atoms with van der Waals surface area (Å²) in [6.07, 6.45) is 7.90. The highest BCUT2D eigenvalue weighted by atomic mass is 35.5. The van der Waals surface area contributed by atoms with E-state index in [9.17, 15) is 4.79 Å². The molecule has 154 valence electrons. The van der Waals surface area contributed by atoms with Crippen molar-refractivity contribution >= 4 is 29.4 Å². The SMILES string of the molecule is C[C@@H]1CCCN1CCCOc1ccc2c(c1)CCC(C=O)N2c1ccc(Cl)cn1. The maximum atomic E-state index is 11.7. The lowest BCUT2D eigenvalue weighted by Crippen LogP contribution is -2.37. The summed E-state index contributed by atoms with van der Waals surface area (Å²) in [5, 5.41) is 0.584. The van der Waals surface area contributed by atoms with Crippen molar-refractivity contribution < 1.29 is 9.53 Å². The zero-order valence-corrected chi connectivity index (χ0v) is 17.6. The molecular formula is C23H28ClN3O2. The van der Waals surface area contributed by atoms with E-state index in [0.717, 1.165) is 56.0 Å². The summed E-state index contributed by atoms with van der Waals surface area (Å²) in [5.74, 6) is 1.63. The number of carbonyl (C=O) groups is 1. The van der Waals surface area contributed by atoms with Crippen LogP contribution in [0.4, 0.5) is 11.5 Å². The molecule has 1 fully saturated rings. The number of hydrogen-bond donors (Lipinski definition) is 0. The number of pyridine rings is 1. The molecule has 0 amide bonds. The highest BCUT2D eigenvalue weighted by Gasteiger charge is 2.28. The van der Waals surface area contributed by atoms with E-state index in [1.807, 2.05) is 23.1 Å². The van der Waals surface area contributed by atoms with Crippen molar-refractivity contribution in [3.05, 3.63) is 47.1 Å². The topological polar surface area (TPSA) is 45.7 Å². The molecule has 6 heteroatoms. The summed E-state index contributed by atoms with van der Waals surface area (Å²) in [4.78, 5) is 20.6. The molecule has 2 aromatic rings. The molecule has 0 saturated carbocycles. The van der Waals surface area contributed by atoms with Gasteiger partial charge < -0.3 is 19.3 Å². The van der Waals surface area contributed by atoms with Crippen molar-refractivity contribution in [1.29, 1.82) is 0 Å². The average Bonchev–Trinajstić information content (AvgIpc) is 3.15. The Balaban J connectivity index is 1.43. The number of halogens is 1. The molecule has 3 heterocycles. The normalized spacial score (nSPS) is 21.8. The maximum Gasteiger partial charge on any atom is 0.142 e. The number of nitrogens with zero attached hydrogens (tertiary/aromatic N) is 3. The van der Waals surface area contributed by atoms with Crippen molar-refractivity contribution in [2.75, 3.05) is 24.6 Å². The van der Waals surface area contributed by atoms with Crippen LogP contribution in [0, 0.1) is 0 Å². The van der Waals surface area contributed by atoms with Gasteiger partial charge in [-0.2, -0.15) is 0 Å². The average molecular weight is 414 g/mol. The van der Waals surface area contributed by atoms with Gasteiger partial charge in [0.25, 0.3) is 0 Å². The number of anilines is 2. The molecule has 1 aromatic carbocycles. The summed E-state index contributed by atoms with van der Waals surface area (Å²) in [7, 11) is 0. The van der Waals surface area contributed by atoms with E-state index < -0.39 is 0 Å². The third-order valence-corrected chi connectivity index (χ3v) is 6.24. The number of aldehydes is 1. The number of likely N-dealkylation sites (tertiary alicyclic amines) is 1. The molecule has 2 atom stereocenters. The van der Waals surface area contributed by atoms with E-state index in [4.69, 9.17) is 16.3 Å². The van der Waals surface area contributed by atoms with Gasteiger partial charge in [0.05, 0.1) is 17.7 Å². The molecule has 1 unspecified atom stereocenters. The van der Waals surface area contributed by atoms with E-state index in [1.165, 1.54) is 24.9 Å². The first-order valence-electron chi connectivity index (χ1n) is 10.5. The first-order chi connectivity index (χ1) is 14.2. The third kappa shape index (κ3) is 4.57. The van der Waals surface area contributed by atoms with Crippen molar-refractivity contribution in [3.8, 4) is 5.75 Å². The Labute approximate surface area is 177 Å². The predicted molar refractivity (Wildman–Crippen MR) is 116 cm³/mol. The van der Waals surface area contributed by atoms with Crippen LogP contribution in [0.2, 0.25) is 5.02 Å². The van der Waals surface area contributed by atoms with Gasteiger partial charge in [-0.3, -0.25) is 0 Å². The van der Waals surface area contributed by atoms with Gasteiger partial charge in [-0.25, -0.2) is 4.98 Å². The Bertz CT molecular complexity index is 843. The maximum absolute atomic E-state index is 11.7. The molecule has 1 saturated heterocycles. The number of rotatable bonds is 7. The first-order valence-corrected chi connectivity index (χ1v) is 10.9. The van der Waals surface area contributed by atoms with E-state index >= 15 is 0 Å². The largest absolute Gasteiger partial charge is 0.494 e. The molecule has 1 aromatic heterocycles. The zero-order valence-electron chi connectivity index (χ0n) is 16.9. The molecule has 0 aliphatic carbocycles. The minimum atomic E-state index is -0.217. The second kappa shape index (κ2) is 9.14. The Hall–Kier alpha value is -2.11. The second-order valence-electron chi connectivity index (χ2n) is 7.97. The molecule has 0 N–H and O–H groups in total. The highest BCUT2D eigenvalue weighted by molar-refractivity contribution is 6.30. The monoisotopic (exact) mass is 413 g/mol. The summed E-state index contributed by atoms with van der Waals surface area (Å²) in [5.41, 5.74) is 2.20. The molecule has 29 heavy (non-hydrogen) atoms. The van der Waals surface area contributed by atoms with Crippen LogP contribution in [0.1, 0.15) is 38.2 Å². The molecule has 2 aliphatic rings. The third-order valence-electron chi connectivity index (χ3n) is 6.02. The summed E-state index contributed by atoms with van der Waals surface area (Å²) in [6, 6.07) is 10.3. The fourth-order valence-electron chi connectivity index (χ4n) is 4.41. The lowest BCUT2D eigenvalue weighted by Gasteiger charge is -2.35. The van der Waals surface area contributed by atoms with Gasteiger partial charge in [0.2, 0.25) is 0 Å². The smallest absolute Gasteiger partial charge is 0.142 e. The summed E-state index contributed by atoms with van der Waals surface area (Å²) < 4.78 is 6.03. The van der Waals surface area contributed by atoms with Crippen LogP contribution in [-0.2, 0) is 11.2 Å². The number of aromatic nitrogens is 1. The van der Waals surface area contributed by atoms with Crippen LogP contribution in [0.3, 0.4) is 0 Å². The molecule has 2 aliphatic heterocycles. The van der Waals surface area contributed by atoms with E-state index in [1.54, 1.807) is 12.3 Å². The van der Waals surface area contributed by atoms with E-state index in [-0.39, 0.29) is 6.04 Å². The summed E-state index contributed by atoms with van der Waals surface area (Å²) in [6.45, 7) is 5.35. The van der Waals surface area contributed by atoms with Gasteiger partial charge in [-0.1, -0.05) is 11.6 Å². The van der Waals surface area contributed by atoms with Crippen molar-refractivity contribution in [2.45, 2.75) is 51.1 Å². The van der Waals surface area contributed by atoms with Crippen molar-refractivity contribution in [3.63, 3.8) is 0 Å². The number of benzene rings is 1. The van der Waals surface area contributed by atoms with Crippen LogP contribution in [-0.4, -0.2) is 48.0 Å². The molecule has 0 spiro atoms. The van der Waals surface area contributed by atoms with Crippen molar-refractivity contribution in [2.24, 2.45) is 0 Å². The second-order valence-corrected chi connectivity index (χ2v) is 8.40. The number of carbonyl (C=O) groups excluding carboxylic acids is 1. The fraction of sp³-hybridized carbons (Fsp3) is 0.478. The Kier molecular flexibility index (Phi) is 6.36.